The lowest BCUT2D eigenvalue weighted by Crippen LogP contribution is -2.46. The van der Waals surface area contributed by atoms with Crippen molar-refractivity contribution in [3.63, 3.8) is 0 Å². The number of hydrogen-bond donors (Lipinski definition) is 1. The summed E-state index contributed by atoms with van der Waals surface area (Å²) in [4.78, 5) is 32.3. The summed E-state index contributed by atoms with van der Waals surface area (Å²) in [5.41, 5.74) is 1.68. The first-order valence-electron chi connectivity index (χ1n) is 9.06. The molecule has 1 aromatic heterocycles. The van der Waals surface area contributed by atoms with E-state index < -0.39 is 11.8 Å². The van der Waals surface area contributed by atoms with Crippen molar-refractivity contribution in [1.82, 2.24) is 20.6 Å². The predicted molar refractivity (Wildman–Crippen MR) is 106 cm³/mol. The first-order chi connectivity index (χ1) is 14.1. The number of rotatable bonds is 5. The van der Waals surface area contributed by atoms with Gasteiger partial charge in [0.05, 0.1) is 18.0 Å². The Morgan fingerprint density at radius 1 is 1.17 bits per heavy atom. The number of amides is 1. The Kier molecular flexibility index (Phi) is 4.86. The number of H-pyrrole nitrogens is 1. The number of ketones is 1. The molecule has 3 aromatic rings. The van der Waals surface area contributed by atoms with Gasteiger partial charge in [0.2, 0.25) is 11.7 Å². The number of benzene rings is 2. The van der Waals surface area contributed by atoms with E-state index in [2.05, 4.69) is 25.6 Å². The summed E-state index contributed by atoms with van der Waals surface area (Å²) in [7, 11) is 1.63. The number of tetrazole rings is 1. The Hall–Kier alpha value is -3.88. The third-order valence-electron chi connectivity index (χ3n) is 4.62. The van der Waals surface area contributed by atoms with Crippen LogP contribution in [0.2, 0.25) is 0 Å². The van der Waals surface area contributed by atoms with E-state index in [9.17, 15) is 9.59 Å². The van der Waals surface area contributed by atoms with E-state index in [1.54, 1.807) is 55.6 Å². The summed E-state index contributed by atoms with van der Waals surface area (Å²) in [5, 5.41) is 13.8. The van der Waals surface area contributed by atoms with Crippen molar-refractivity contribution >= 4 is 28.8 Å². The van der Waals surface area contributed by atoms with Gasteiger partial charge in [0, 0.05) is 12.6 Å². The van der Waals surface area contributed by atoms with E-state index in [4.69, 9.17) is 4.74 Å². The van der Waals surface area contributed by atoms with Gasteiger partial charge < -0.3 is 9.64 Å². The molecule has 2 aromatic carbocycles. The summed E-state index contributed by atoms with van der Waals surface area (Å²) in [6.07, 6.45) is 0. The first-order valence-corrected chi connectivity index (χ1v) is 9.06. The SMILES string of the molecule is CCOc1ccc(N=C(c2nn[nH]n2)C2C(=O)c3ccccc3N(C)C2=O)cc1. The smallest absolute Gasteiger partial charge is 0.243 e. The fourth-order valence-corrected chi connectivity index (χ4v) is 3.23. The third-order valence-corrected chi connectivity index (χ3v) is 4.62. The van der Waals surface area contributed by atoms with Gasteiger partial charge in [0.1, 0.15) is 17.4 Å². The molecule has 1 unspecified atom stereocenters. The van der Waals surface area contributed by atoms with Crippen molar-refractivity contribution in [3.05, 3.63) is 59.9 Å². The van der Waals surface area contributed by atoms with Gasteiger partial charge >= 0.3 is 0 Å². The predicted octanol–water partition coefficient (Wildman–Crippen LogP) is 2.19. The Labute approximate surface area is 166 Å². The van der Waals surface area contributed by atoms with Crippen molar-refractivity contribution in [3.8, 4) is 5.75 Å². The largest absolute Gasteiger partial charge is 0.494 e. The monoisotopic (exact) mass is 390 g/mol. The number of fused-ring (bicyclic) bond motifs is 1. The van der Waals surface area contributed by atoms with Crippen molar-refractivity contribution in [2.75, 3.05) is 18.6 Å². The maximum atomic E-state index is 13.2. The number of carbonyl (C=O) groups is 2. The summed E-state index contributed by atoms with van der Waals surface area (Å²) in [6, 6.07) is 14.0. The number of nitrogens with zero attached hydrogens (tertiary/aromatic N) is 5. The van der Waals surface area contributed by atoms with Crippen LogP contribution in [-0.2, 0) is 4.79 Å². The van der Waals surface area contributed by atoms with Gasteiger partial charge in [-0.3, -0.25) is 9.59 Å². The minimum absolute atomic E-state index is 0.0957. The summed E-state index contributed by atoms with van der Waals surface area (Å²) in [5.74, 6) is -1.12. The van der Waals surface area contributed by atoms with Gasteiger partial charge in [-0.2, -0.15) is 5.21 Å². The number of anilines is 1. The molecule has 4 rings (SSSR count). The standard InChI is InChI=1S/C20H18N6O3/c1-3-29-13-10-8-12(9-11-13)21-17(19-22-24-25-23-19)16-18(27)14-6-4-5-7-15(14)26(2)20(16)28/h4-11,16H,3H2,1-2H3,(H,22,23,24,25). The number of aliphatic imine (C=N–C) groups is 1. The maximum absolute atomic E-state index is 13.2. The molecule has 146 valence electrons. The molecular weight excluding hydrogens is 372 g/mol. The highest BCUT2D eigenvalue weighted by molar-refractivity contribution is 6.34. The van der Waals surface area contributed by atoms with Gasteiger partial charge in [-0.05, 0) is 48.5 Å². The van der Waals surface area contributed by atoms with E-state index in [1.165, 1.54) is 4.90 Å². The van der Waals surface area contributed by atoms with Gasteiger partial charge in [-0.1, -0.05) is 12.1 Å². The Balaban J connectivity index is 1.80. The highest BCUT2D eigenvalue weighted by Crippen LogP contribution is 2.32. The molecule has 0 spiro atoms. The second kappa shape index (κ2) is 7.63. The quantitative estimate of drug-likeness (QED) is 0.528. The fourth-order valence-electron chi connectivity index (χ4n) is 3.23. The summed E-state index contributed by atoms with van der Waals surface area (Å²) in [6.45, 7) is 2.45. The van der Waals surface area contributed by atoms with Crippen LogP contribution in [0.5, 0.6) is 5.75 Å². The normalized spacial score (nSPS) is 16.7. The average Bonchev–Trinajstić information content (AvgIpc) is 3.28. The second-order valence-electron chi connectivity index (χ2n) is 6.37. The molecule has 9 nitrogen and oxygen atoms in total. The average molecular weight is 390 g/mol. The lowest BCUT2D eigenvalue weighted by Gasteiger charge is -2.30. The van der Waals surface area contributed by atoms with E-state index in [-0.39, 0.29) is 17.3 Å². The lowest BCUT2D eigenvalue weighted by molar-refractivity contribution is -0.119. The second-order valence-corrected chi connectivity index (χ2v) is 6.37. The molecule has 1 aliphatic rings. The molecule has 9 heteroatoms. The van der Waals surface area contributed by atoms with Crippen LogP contribution >= 0.6 is 0 Å². The van der Waals surface area contributed by atoms with Crippen LogP contribution in [0.15, 0.2) is 53.5 Å². The zero-order chi connectivity index (χ0) is 20.4. The van der Waals surface area contributed by atoms with Gasteiger partial charge in [-0.25, -0.2) is 4.99 Å². The lowest BCUT2D eigenvalue weighted by atomic mass is 9.86. The molecule has 0 radical (unpaired) electrons. The molecule has 0 bridgehead atoms. The molecule has 1 N–H and O–H groups in total. The molecule has 0 saturated heterocycles. The molecule has 1 amide bonds. The highest BCUT2D eigenvalue weighted by atomic mass is 16.5. The third kappa shape index (κ3) is 3.38. The van der Waals surface area contributed by atoms with Crippen LogP contribution in [0.25, 0.3) is 0 Å². The van der Waals surface area contributed by atoms with E-state index in [0.717, 1.165) is 0 Å². The summed E-state index contributed by atoms with van der Waals surface area (Å²) >= 11 is 0. The fraction of sp³-hybridized carbons (Fsp3) is 0.200. The zero-order valence-corrected chi connectivity index (χ0v) is 15.9. The van der Waals surface area contributed by atoms with E-state index >= 15 is 0 Å². The van der Waals surface area contributed by atoms with Crippen LogP contribution in [0.3, 0.4) is 0 Å². The van der Waals surface area contributed by atoms with Crippen LogP contribution in [-0.4, -0.2) is 51.7 Å². The number of hydrogen-bond acceptors (Lipinski definition) is 7. The maximum Gasteiger partial charge on any atom is 0.243 e. The minimum atomic E-state index is -1.17. The number of ether oxygens (including phenoxy) is 1. The van der Waals surface area contributed by atoms with Crippen molar-refractivity contribution in [2.45, 2.75) is 6.92 Å². The topological polar surface area (TPSA) is 113 Å². The van der Waals surface area contributed by atoms with E-state index in [1.807, 2.05) is 6.92 Å². The molecule has 0 saturated carbocycles. The Morgan fingerprint density at radius 3 is 2.62 bits per heavy atom. The number of carbonyl (C=O) groups excluding carboxylic acids is 2. The van der Waals surface area contributed by atoms with Crippen molar-refractivity contribution in [1.29, 1.82) is 0 Å². The van der Waals surface area contributed by atoms with Crippen molar-refractivity contribution < 1.29 is 14.3 Å². The Morgan fingerprint density at radius 2 is 1.93 bits per heavy atom. The Bertz CT molecular complexity index is 1080. The summed E-state index contributed by atoms with van der Waals surface area (Å²) < 4.78 is 5.44. The van der Waals surface area contributed by atoms with E-state index in [0.29, 0.717) is 29.3 Å². The van der Waals surface area contributed by atoms with Gasteiger partial charge in [0.25, 0.3) is 0 Å². The molecular formula is C20H18N6O3. The van der Waals surface area contributed by atoms with Crippen LogP contribution in [0.4, 0.5) is 11.4 Å². The number of nitrogens with one attached hydrogen (secondary N) is 1. The molecule has 2 heterocycles. The van der Waals surface area contributed by atoms with Gasteiger partial charge in [0.15, 0.2) is 5.78 Å². The molecule has 1 aliphatic heterocycles. The number of aromatic nitrogens is 4. The number of Topliss-reactive ketones (excluding diaryl/α,β-unsaturated/α-hetero) is 1. The first kappa shape index (κ1) is 18.5. The molecule has 0 aliphatic carbocycles. The van der Waals surface area contributed by atoms with Crippen LogP contribution in [0, 0.1) is 5.92 Å². The minimum Gasteiger partial charge on any atom is -0.494 e. The molecule has 29 heavy (non-hydrogen) atoms. The molecule has 1 atom stereocenters. The number of para-hydroxylation sites is 1. The number of aromatic amines is 1. The van der Waals surface area contributed by atoms with Crippen LogP contribution in [0.1, 0.15) is 23.1 Å². The van der Waals surface area contributed by atoms with Crippen LogP contribution < -0.4 is 9.64 Å². The zero-order valence-electron chi connectivity index (χ0n) is 15.9. The molecule has 0 fully saturated rings. The van der Waals surface area contributed by atoms with Crippen molar-refractivity contribution in [2.24, 2.45) is 10.9 Å². The highest BCUT2D eigenvalue weighted by Gasteiger charge is 2.42. The van der Waals surface area contributed by atoms with Gasteiger partial charge in [-0.15, -0.1) is 10.2 Å².